The summed E-state index contributed by atoms with van der Waals surface area (Å²) in [5, 5.41) is 4.42. The van der Waals surface area contributed by atoms with Crippen LogP contribution in [0, 0.1) is 0 Å². The minimum absolute atomic E-state index is 0.0477. The molecule has 0 aliphatic carbocycles. The van der Waals surface area contributed by atoms with Gasteiger partial charge in [-0.2, -0.15) is 0 Å². The summed E-state index contributed by atoms with van der Waals surface area (Å²) < 4.78 is 5.35. The van der Waals surface area contributed by atoms with Gasteiger partial charge in [0.05, 0.1) is 13.5 Å². The number of hydrogen-bond acceptors (Lipinski definition) is 4. The number of thiocarbonyl (C=S) groups is 1. The van der Waals surface area contributed by atoms with Gasteiger partial charge in [0.1, 0.15) is 11.8 Å². The molecular formula is C24H26N4O3S. The second-order valence-electron chi connectivity index (χ2n) is 7.67. The van der Waals surface area contributed by atoms with Crippen molar-refractivity contribution < 1.29 is 14.3 Å². The summed E-state index contributed by atoms with van der Waals surface area (Å²) in [6.45, 7) is 2.91. The van der Waals surface area contributed by atoms with Crippen LogP contribution in [0.1, 0.15) is 18.9 Å². The number of ether oxygens (including phenoxy) is 1. The van der Waals surface area contributed by atoms with Gasteiger partial charge >= 0.3 is 0 Å². The molecule has 1 aliphatic rings. The summed E-state index contributed by atoms with van der Waals surface area (Å²) in [4.78, 5) is 32.4. The van der Waals surface area contributed by atoms with E-state index < -0.39 is 6.04 Å². The number of aromatic amines is 1. The van der Waals surface area contributed by atoms with Gasteiger partial charge in [0.2, 0.25) is 5.91 Å². The van der Waals surface area contributed by atoms with Crippen LogP contribution in [0.25, 0.3) is 10.9 Å². The molecule has 0 radical (unpaired) electrons. The van der Waals surface area contributed by atoms with E-state index in [1.54, 1.807) is 12.0 Å². The van der Waals surface area contributed by atoms with Crippen LogP contribution in [0.3, 0.4) is 0 Å². The molecule has 1 fully saturated rings. The van der Waals surface area contributed by atoms with Gasteiger partial charge in [0.15, 0.2) is 5.11 Å². The first-order valence-electron chi connectivity index (χ1n) is 10.6. The SMILES string of the molecule is CCN1C(=O)C(CC(=O)Nc2ccccc2)N(CCc2c[nH]c3ccc(OC)cc23)C1=S. The number of nitrogens with zero attached hydrogens (tertiary/aromatic N) is 2. The summed E-state index contributed by atoms with van der Waals surface area (Å²) in [5.41, 5.74) is 2.84. The maximum Gasteiger partial charge on any atom is 0.252 e. The zero-order chi connectivity index (χ0) is 22.7. The minimum atomic E-state index is -0.606. The number of carbonyl (C=O) groups excluding carboxylic acids is 2. The standard InChI is InChI=1S/C24H26N4O3S/c1-3-27-23(30)21(14-22(29)26-17-7-5-4-6-8-17)28(24(27)32)12-11-16-15-25-20-10-9-18(31-2)13-19(16)20/h4-10,13,15,21,25H,3,11-12,14H2,1-2H3,(H,26,29). The maximum absolute atomic E-state index is 13.0. The lowest BCUT2D eigenvalue weighted by atomic mass is 10.1. The van der Waals surface area contributed by atoms with Crippen molar-refractivity contribution in [2.75, 3.05) is 25.5 Å². The van der Waals surface area contributed by atoms with Gasteiger partial charge in [-0.3, -0.25) is 14.5 Å². The number of H-pyrrole nitrogens is 1. The molecular weight excluding hydrogens is 424 g/mol. The van der Waals surface area contributed by atoms with Crippen molar-refractivity contribution in [2.45, 2.75) is 25.8 Å². The molecule has 1 atom stereocenters. The normalized spacial score (nSPS) is 16.1. The van der Waals surface area contributed by atoms with E-state index in [9.17, 15) is 9.59 Å². The van der Waals surface area contributed by atoms with Crippen LogP contribution in [0.5, 0.6) is 5.75 Å². The highest BCUT2D eigenvalue weighted by Crippen LogP contribution is 2.26. The number of likely N-dealkylation sites (N-methyl/N-ethyl adjacent to an activating group) is 1. The Morgan fingerprint density at radius 3 is 2.72 bits per heavy atom. The number of anilines is 1. The van der Waals surface area contributed by atoms with Crippen molar-refractivity contribution in [3.8, 4) is 5.75 Å². The predicted molar refractivity (Wildman–Crippen MR) is 129 cm³/mol. The second-order valence-corrected chi connectivity index (χ2v) is 8.03. The van der Waals surface area contributed by atoms with E-state index in [0.29, 0.717) is 30.3 Å². The Hall–Kier alpha value is -3.39. The van der Waals surface area contributed by atoms with Gasteiger partial charge in [-0.1, -0.05) is 18.2 Å². The third kappa shape index (κ3) is 4.31. The molecule has 32 heavy (non-hydrogen) atoms. The molecule has 2 amide bonds. The first kappa shape index (κ1) is 21.8. The molecule has 2 N–H and O–H groups in total. The maximum atomic E-state index is 13.0. The minimum Gasteiger partial charge on any atom is -0.497 e. The number of methoxy groups -OCH3 is 1. The van der Waals surface area contributed by atoms with Crippen LogP contribution in [-0.4, -0.2) is 58.0 Å². The Kier molecular flexibility index (Phi) is 6.41. The molecule has 1 saturated heterocycles. The number of aromatic nitrogens is 1. The highest BCUT2D eigenvalue weighted by Gasteiger charge is 2.42. The third-order valence-corrected chi connectivity index (χ3v) is 6.21. The molecule has 1 aromatic heterocycles. The van der Waals surface area contributed by atoms with Crippen LogP contribution in [0.4, 0.5) is 5.69 Å². The van der Waals surface area contributed by atoms with Crippen LogP contribution >= 0.6 is 12.2 Å². The number of fused-ring (bicyclic) bond motifs is 1. The molecule has 7 nitrogen and oxygen atoms in total. The van der Waals surface area contributed by atoms with Gasteiger partial charge in [-0.05, 0) is 61.5 Å². The predicted octanol–water partition coefficient (Wildman–Crippen LogP) is 3.57. The highest BCUT2D eigenvalue weighted by molar-refractivity contribution is 7.80. The van der Waals surface area contributed by atoms with Crippen LogP contribution in [-0.2, 0) is 16.0 Å². The number of nitrogens with one attached hydrogen (secondary N) is 2. The molecule has 1 unspecified atom stereocenters. The third-order valence-electron chi connectivity index (χ3n) is 5.75. The molecule has 2 heterocycles. The smallest absolute Gasteiger partial charge is 0.252 e. The quantitative estimate of drug-likeness (QED) is 0.513. The number of amides is 2. The fourth-order valence-corrected chi connectivity index (χ4v) is 4.51. The zero-order valence-corrected chi connectivity index (χ0v) is 18.9. The van der Waals surface area contributed by atoms with Gasteiger partial charge in [0, 0.05) is 35.9 Å². The summed E-state index contributed by atoms with van der Waals surface area (Å²) in [6, 6.07) is 14.5. The Morgan fingerprint density at radius 1 is 1.22 bits per heavy atom. The Balaban J connectivity index is 1.50. The van der Waals surface area contributed by atoms with Crippen molar-refractivity contribution in [1.29, 1.82) is 0 Å². The number of rotatable bonds is 8. The molecule has 166 valence electrons. The van der Waals surface area contributed by atoms with E-state index in [-0.39, 0.29) is 18.2 Å². The van der Waals surface area contributed by atoms with Crippen LogP contribution in [0.2, 0.25) is 0 Å². The van der Waals surface area contributed by atoms with E-state index in [1.807, 2.05) is 66.6 Å². The molecule has 0 saturated carbocycles. The highest BCUT2D eigenvalue weighted by atomic mass is 32.1. The molecule has 3 aromatic rings. The van der Waals surface area contributed by atoms with Crippen LogP contribution in [0.15, 0.2) is 54.7 Å². The molecule has 0 spiro atoms. The Labute approximate surface area is 192 Å². The Bertz CT molecular complexity index is 1140. The molecule has 8 heteroatoms. The zero-order valence-electron chi connectivity index (χ0n) is 18.1. The van der Waals surface area contributed by atoms with Gasteiger partial charge in [0.25, 0.3) is 5.91 Å². The number of benzene rings is 2. The van der Waals surface area contributed by atoms with Crippen molar-refractivity contribution >= 4 is 45.7 Å². The average molecular weight is 451 g/mol. The summed E-state index contributed by atoms with van der Waals surface area (Å²) in [6.07, 6.45) is 2.70. The lowest BCUT2D eigenvalue weighted by Gasteiger charge is -2.23. The monoisotopic (exact) mass is 450 g/mol. The van der Waals surface area contributed by atoms with E-state index in [1.165, 1.54) is 0 Å². The summed E-state index contributed by atoms with van der Waals surface area (Å²) >= 11 is 5.60. The van der Waals surface area contributed by atoms with Gasteiger partial charge in [-0.25, -0.2) is 0 Å². The second kappa shape index (κ2) is 9.40. The lowest BCUT2D eigenvalue weighted by Crippen LogP contribution is -2.39. The fourth-order valence-electron chi connectivity index (χ4n) is 4.08. The number of para-hydroxylation sites is 1. The lowest BCUT2D eigenvalue weighted by molar-refractivity contribution is -0.130. The first-order chi connectivity index (χ1) is 15.5. The van der Waals surface area contributed by atoms with E-state index in [2.05, 4.69) is 10.3 Å². The van der Waals surface area contributed by atoms with Gasteiger partial charge < -0.3 is 19.9 Å². The van der Waals surface area contributed by atoms with Crippen LogP contribution < -0.4 is 10.1 Å². The summed E-state index contributed by atoms with van der Waals surface area (Å²) in [5.74, 6) is 0.455. The molecule has 1 aliphatic heterocycles. The van der Waals surface area contributed by atoms with E-state index in [0.717, 1.165) is 22.2 Å². The van der Waals surface area contributed by atoms with Crippen molar-refractivity contribution in [2.24, 2.45) is 0 Å². The molecule has 0 bridgehead atoms. The topological polar surface area (TPSA) is 77.7 Å². The summed E-state index contributed by atoms with van der Waals surface area (Å²) in [7, 11) is 1.65. The fraction of sp³-hybridized carbons (Fsp3) is 0.292. The largest absolute Gasteiger partial charge is 0.497 e. The van der Waals surface area contributed by atoms with Crippen molar-refractivity contribution in [3.63, 3.8) is 0 Å². The average Bonchev–Trinajstić information content (AvgIpc) is 3.30. The number of carbonyl (C=O) groups is 2. The molecule has 4 rings (SSSR count). The number of hydrogen-bond donors (Lipinski definition) is 2. The molecule has 2 aromatic carbocycles. The van der Waals surface area contributed by atoms with E-state index in [4.69, 9.17) is 17.0 Å². The van der Waals surface area contributed by atoms with E-state index >= 15 is 0 Å². The first-order valence-corrected chi connectivity index (χ1v) is 11.0. The van der Waals surface area contributed by atoms with Gasteiger partial charge in [-0.15, -0.1) is 0 Å². The van der Waals surface area contributed by atoms with Crippen molar-refractivity contribution in [3.05, 3.63) is 60.3 Å². The Morgan fingerprint density at radius 2 is 2.00 bits per heavy atom. The van der Waals surface area contributed by atoms with Crippen molar-refractivity contribution in [1.82, 2.24) is 14.8 Å².